The van der Waals surface area contributed by atoms with Gasteiger partial charge >= 0.3 is 11.9 Å². The van der Waals surface area contributed by atoms with Gasteiger partial charge in [0.25, 0.3) is 0 Å². The highest BCUT2D eigenvalue weighted by Crippen LogP contribution is 2.20. The van der Waals surface area contributed by atoms with E-state index in [9.17, 15) is 9.59 Å². The van der Waals surface area contributed by atoms with E-state index >= 15 is 0 Å². The summed E-state index contributed by atoms with van der Waals surface area (Å²) in [6.45, 7) is 11.5. The van der Waals surface area contributed by atoms with Gasteiger partial charge in [-0.05, 0) is 30.6 Å². The largest absolute Gasteiger partial charge is 0.465 e. The van der Waals surface area contributed by atoms with E-state index in [4.69, 9.17) is 9.47 Å². The first-order chi connectivity index (χ1) is 12.3. The van der Waals surface area contributed by atoms with E-state index in [1.165, 1.54) is 25.7 Å². The van der Waals surface area contributed by atoms with Crippen LogP contribution in [0.15, 0.2) is 0 Å². The van der Waals surface area contributed by atoms with Crippen LogP contribution in [0.25, 0.3) is 0 Å². The summed E-state index contributed by atoms with van der Waals surface area (Å²) in [5.74, 6) is 1.31. The van der Waals surface area contributed by atoms with Crippen LogP contribution in [-0.4, -0.2) is 25.2 Å². The molecule has 0 amide bonds. The fourth-order valence-corrected chi connectivity index (χ4v) is 2.77. The van der Waals surface area contributed by atoms with Crippen LogP contribution in [0.2, 0.25) is 0 Å². The number of carbonyl (C=O) groups excluding carboxylic acids is 2. The number of rotatable bonds is 16. The third-order valence-corrected chi connectivity index (χ3v) is 4.48. The first-order valence-electron chi connectivity index (χ1n) is 10.7. The number of esters is 2. The molecule has 0 aromatic carbocycles. The van der Waals surface area contributed by atoms with Crippen molar-refractivity contribution in [1.82, 2.24) is 0 Å². The molecule has 0 heterocycles. The van der Waals surface area contributed by atoms with Crippen molar-refractivity contribution < 1.29 is 19.1 Å². The van der Waals surface area contributed by atoms with Gasteiger partial charge < -0.3 is 9.47 Å². The lowest BCUT2D eigenvalue weighted by Gasteiger charge is -2.14. The summed E-state index contributed by atoms with van der Waals surface area (Å²) in [5, 5.41) is 0. The van der Waals surface area contributed by atoms with E-state index in [1.807, 2.05) is 13.8 Å². The van der Waals surface area contributed by atoms with Crippen molar-refractivity contribution in [2.24, 2.45) is 17.8 Å². The first kappa shape index (κ1) is 24.9. The summed E-state index contributed by atoms with van der Waals surface area (Å²) in [5.41, 5.74) is 0. The second-order valence-electron chi connectivity index (χ2n) is 8.27. The molecule has 0 saturated carbocycles. The Balaban J connectivity index is 3.59. The highest BCUT2D eigenvalue weighted by Gasteiger charge is 2.11. The minimum Gasteiger partial charge on any atom is -0.465 e. The zero-order chi connectivity index (χ0) is 19.8. The third kappa shape index (κ3) is 16.4. The maximum Gasteiger partial charge on any atom is 0.305 e. The second-order valence-corrected chi connectivity index (χ2v) is 8.27. The van der Waals surface area contributed by atoms with Crippen LogP contribution >= 0.6 is 0 Å². The molecule has 0 spiro atoms. The van der Waals surface area contributed by atoms with Gasteiger partial charge in [0.1, 0.15) is 0 Å². The summed E-state index contributed by atoms with van der Waals surface area (Å²) in [7, 11) is 0. The molecule has 0 saturated heterocycles. The topological polar surface area (TPSA) is 52.6 Å². The maximum absolute atomic E-state index is 11.7. The molecule has 0 bridgehead atoms. The number of hydrogen-bond acceptors (Lipinski definition) is 4. The lowest BCUT2D eigenvalue weighted by Crippen LogP contribution is -2.11. The van der Waals surface area contributed by atoms with Crippen LogP contribution in [0.1, 0.15) is 98.8 Å². The molecule has 0 radical (unpaired) electrons. The van der Waals surface area contributed by atoms with Gasteiger partial charge in [-0.15, -0.1) is 0 Å². The van der Waals surface area contributed by atoms with Crippen LogP contribution in [0.3, 0.4) is 0 Å². The molecule has 1 atom stereocenters. The summed E-state index contributed by atoms with van der Waals surface area (Å²) in [6.07, 6.45) is 9.94. The van der Waals surface area contributed by atoms with Crippen LogP contribution in [-0.2, 0) is 19.1 Å². The van der Waals surface area contributed by atoms with Gasteiger partial charge in [0.05, 0.1) is 13.2 Å². The Morgan fingerprint density at radius 2 is 1.19 bits per heavy atom. The molecule has 0 aromatic rings. The second kappa shape index (κ2) is 16.1. The van der Waals surface area contributed by atoms with Crippen LogP contribution < -0.4 is 0 Å². The lowest BCUT2D eigenvalue weighted by atomic mass is 9.93. The molecule has 0 aliphatic heterocycles. The van der Waals surface area contributed by atoms with Gasteiger partial charge in [-0.25, -0.2) is 0 Å². The Morgan fingerprint density at radius 1 is 0.692 bits per heavy atom. The van der Waals surface area contributed by atoms with Gasteiger partial charge in [-0.3, -0.25) is 9.59 Å². The van der Waals surface area contributed by atoms with E-state index in [0.717, 1.165) is 25.7 Å². The number of unbranched alkanes of at least 4 members (excludes halogenated alkanes) is 4. The van der Waals surface area contributed by atoms with Crippen molar-refractivity contribution in [2.75, 3.05) is 13.2 Å². The van der Waals surface area contributed by atoms with Crippen molar-refractivity contribution in [2.45, 2.75) is 98.8 Å². The van der Waals surface area contributed by atoms with Gasteiger partial charge in [-0.1, -0.05) is 73.1 Å². The molecular formula is C22H42O4. The Labute approximate surface area is 161 Å². The first-order valence-corrected chi connectivity index (χ1v) is 10.7. The number of ether oxygens (including phenoxy) is 2. The normalized spacial score (nSPS) is 12.4. The molecule has 4 heteroatoms. The van der Waals surface area contributed by atoms with Crippen LogP contribution in [0, 0.1) is 17.8 Å². The molecule has 0 fully saturated rings. The fraction of sp³-hybridized carbons (Fsp3) is 0.909. The van der Waals surface area contributed by atoms with E-state index in [1.54, 1.807) is 0 Å². The Bertz CT molecular complexity index is 363. The average molecular weight is 371 g/mol. The molecule has 0 aliphatic rings. The smallest absolute Gasteiger partial charge is 0.305 e. The summed E-state index contributed by atoms with van der Waals surface area (Å²) in [6, 6.07) is 0. The molecule has 0 aliphatic carbocycles. The van der Waals surface area contributed by atoms with Crippen LogP contribution in [0.4, 0.5) is 0 Å². The molecular weight excluding hydrogens is 328 g/mol. The minimum absolute atomic E-state index is 0.0542. The monoisotopic (exact) mass is 370 g/mol. The van der Waals surface area contributed by atoms with Gasteiger partial charge in [0, 0.05) is 12.8 Å². The zero-order valence-corrected chi connectivity index (χ0v) is 17.9. The molecule has 26 heavy (non-hydrogen) atoms. The SMILES string of the molecule is CCC(CCCCCCCC(=O)OCC(C)C)CCC(=O)OCC(C)C. The number of hydrogen-bond donors (Lipinski definition) is 0. The van der Waals surface area contributed by atoms with Crippen molar-refractivity contribution in [1.29, 1.82) is 0 Å². The standard InChI is InChI=1S/C22H42O4/c1-6-20(14-15-22(24)26-17-19(4)5)12-10-8-7-9-11-13-21(23)25-16-18(2)3/h18-20H,6-17H2,1-5H3. The predicted octanol–water partition coefficient (Wildman–Crippen LogP) is 5.92. The summed E-state index contributed by atoms with van der Waals surface area (Å²) >= 11 is 0. The van der Waals surface area contributed by atoms with Gasteiger partial charge in [0.2, 0.25) is 0 Å². The average Bonchev–Trinajstić information content (AvgIpc) is 2.59. The molecule has 0 aromatic heterocycles. The maximum atomic E-state index is 11.7. The Hall–Kier alpha value is -1.06. The summed E-state index contributed by atoms with van der Waals surface area (Å²) in [4.78, 5) is 23.2. The third-order valence-electron chi connectivity index (χ3n) is 4.48. The zero-order valence-electron chi connectivity index (χ0n) is 17.9. The van der Waals surface area contributed by atoms with Gasteiger partial charge in [0.15, 0.2) is 0 Å². The van der Waals surface area contributed by atoms with E-state index < -0.39 is 0 Å². The van der Waals surface area contributed by atoms with Crippen molar-refractivity contribution in [3.63, 3.8) is 0 Å². The quantitative estimate of drug-likeness (QED) is 0.250. The van der Waals surface area contributed by atoms with Gasteiger partial charge in [-0.2, -0.15) is 0 Å². The van der Waals surface area contributed by atoms with E-state index in [-0.39, 0.29) is 11.9 Å². The van der Waals surface area contributed by atoms with Crippen LogP contribution in [0.5, 0.6) is 0 Å². The molecule has 0 N–H and O–H groups in total. The minimum atomic E-state index is -0.0610. The highest BCUT2D eigenvalue weighted by molar-refractivity contribution is 5.69. The highest BCUT2D eigenvalue weighted by atomic mass is 16.5. The Morgan fingerprint density at radius 3 is 1.73 bits per heavy atom. The fourth-order valence-electron chi connectivity index (χ4n) is 2.77. The number of carbonyl (C=O) groups is 2. The van der Waals surface area contributed by atoms with Crippen molar-refractivity contribution in [3.05, 3.63) is 0 Å². The molecule has 154 valence electrons. The lowest BCUT2D eigenvalue weighted by molar-refractivity contribution is -0.145. The van der Waals surface area contributed by atoms with Crippen molar-refractivity contribution in [3.8, 4) is 0 Å². The molecule has 1 unspecified atom stereocenters. The van der Waals surface area contributed by atoms with E-state index in [0.29, 0.717) is 43.8 Å². The summed E-state index contributed by atoms with van der Waals surface area (Å²) < 4.78 is 10.4. The molecule has 4 nitrogen and oxygen atoms in total. The van der Waals surface area contributed by atoms with Crippen molar-refractivity contribution >= 4 is 11.9 Å². The predicted molar refractivity (Wildman–Crippen MR) is 107 cm³/mol. The molecule has 0 rings (SSSR count). The van der Waals surface area contributed by atoms with E-state index in [2.05, 4.69) is 20.8 Å². The Kier molecular flexibility index (Phi) is 15.5.